The second kappa shape index (κ2) is 6.86. The highest BCUT2D eigenvalue weighted by atomic mass is 32.2. The number of hydrogen-bond acceptors (Lipinski definition) is 4. The molecule has 1 saturated heterocycles. The third-order valence-electron chi connectivity index (χ3n) is 2.77. The van der Waals surface area contributed by atoms with E-state index in [4.69, 9.17) is 0 Å². The average Bonchev–Trinajstić information content (AvgIpc) is 2.64. The Kier molecular flexibility index (Phi) is 5.15. The highest BCUT2D eigenvalue weighted by molar-refractivity contribution is 7.99. The minimum absolute atomic E-state index is 0.0525. The molecule has 1 heterocycles. The van der Waals surface area contributed by atoms with Gasteiger partial charge in [0.15, 0.2) is 0 Å². The van der Waals surface area contributed by atoms with Crippen molar-refractivity contribution in [3.05, 3.63) is 24.3 Å². The minimum Gasteiger partial charge on any atom is -0.343 e. The smallest absolute Gasteiger partial charge is 0.247 e. The van der Waals surface area contributed by atoms with Crippen LogP contribution in [0.5, 0.6) is 0 Å². The van der Waals surface area contributed by atoms with Crippen LogP contribution in [0.25, 0.3) is 0 Å². The first-order valence-electron chi connectivity index (χ1n) is 6.01. The van der Waals surface area contributed by atoms with Gasteiger partial charge in [-0.1, -0.05) is 12.1 Å². The topological polar surface area (TPSA) is 58.2 Å². The molecule has 1 aromatic carbocycles. The van der Waals surface area contributed by atoms with Crippen LogP contribution in [0.15, 0.2) is 29.2 Å². The van der Waals surface area contributed by atoms with Crippen LogP contribution in [0.1, 0.15) is 6.42 Å². The Labute approximate surface area is 121 Å². The molecule has 0 radical (unpaired) electrons. The molecule has 6 heteroatoms. The summed E-state index contributed by atoms with van der Waals surface area (Å²) in [5.41, 5.74) is 0.795. The van der Waals surface area contributed by atoms with Crippen molar-refractivity contribution in [3.63, 3.8) is 0 Å². The Bertz CT molecular complexity index is 479. The Morgan fingerprint density at radius 1 is 1.47 bits per heavy atom. The molecule has 19 heavy (non-hydrogen) atoms. The van der Waals surface area contributed by atoms with E-state index in [0.717, 1.165) is 16.3 Å². The van der Waals surface area contributed by atoms with Crippen molar-refractivity contribution in [2.24, 2.45) is 0 Å². The predicted octanol–water partition coefficient (Wildman–Crippen LogP) is 1.97. The number of carbonyl (C=O) groups excluding carboxylic acids is 2. The maximum absolute atomic E-state index is 12.2. The molecule has 0 spiro atoms. The van der Waals surface area contributed by atoms with Crippen LogP contribution in [-0.4, -0.2) is 35.6 Å². The van der Waals surface area contributed by atoms with Crippen molar-refractivity contribution in [2.45, 2.75) is 17.4 Å². The van der Waals surface area contributed by atoms with E-state index >= 15 is 0 Å². The van der Waals surface area contributed by atoms with Crippen molar-refractivity contribution in [1.82, 2.24) is 5.32 Å². The van der Waals surface area contributed by atoms with Gasteiger partial charge in [0.25, 0.3) is 0 Å². The third kappa shape index (κ3) is 3.91. The molecular weight excluding hydrogens is 280 g/mol. The molecule has 0 aliphatic carbocycles. The number of hydrogen-bond donors (Lipinski definition) is 2. The average molecular weight is 296 g/mol. The van der Waals surface area contributed by atoms with Crippen molar-refractivity contribution < 1.29 is 9.59 Å². The van der Waals surface area contributed by atoms with E-state index in [1.165, 1.54) is 0 Å². The van der Waals surface area contributed by atoms with Gasteiger partial charge in [-0.15, -0.1) is 11.8 Å². The van der Waals surface area contributed by atoms with Gasteiger partial charge in [0.05, 0.1) is 5.69 Å². The van der Waals surface area contributed by atoms with E-state index in [-0.39, 0.29) is 11.8 Å². The zero-order chi connectivity index (χ0) is 13.7. The molecule has 1 aliphatic heterocycles. The molecule has 2 amide bonds. The first-order valence-corrected chi connectivity index (χ1v) is 8.39. The van der Waals surface area contributed by atoms with Gasteiger partial charge in [-0.25, -0.2) is 0 Å². The van der Waals surface area contributed by atoms with Gasteiger partial charge in [-0.2, -0.15) is 11.8 Å². The second-order valence-electron chi connectivity index (χ2n) is 4.13. The summed E-state index contributed by atoms with van der Waals surface area (Å²) in [5, 5.41) is 5.65. The fraction of sp³-hybridized carbons (Fsp3) is 0.385. The van der Waals surface area contributed by atoms with Crippen LogP contribution < -0.4 is 10.6 Å². The quantitative estimate of drug-likeness (QED) is 0.837. The fourth-order valence-corrected chi connectivity index (χ4v) is 3.30. The molecule has 1 aromatic rings. The molecule has 102 valence electrons. The molecule has 2 N–H and O–H groups in total. The number of para-hydroxylation sites is 1. The highest BCUT2D eigenvalue weighted by Gasteiger charge is 2.23. The van der Waals surface area contributed by atoms with Crippen molar-refractivity contribution >= 4 is 41.0 Å². The second-order valence-corrected chi connectivity index (χ2v) is 6.13. The summed E-state index contributed by atoms with van der Waals surface area (Å²) < 4.78 is 0. The van der Waals surface area contributed by atoms with Crippen LogP contribution in [0.2, 0.25) is 0 Å². The van der Waals surface area contributed by atoms with Crippen LogP contribution in [-0.2, 0) is 9.59 Å². The lowest BCUT2D eigenvalue weighted by Crippen LogP contribution is -2.44. The molecule has 4 nitrogen and oxygen atoms in total. The first-order chi connectivity index (χ1) is 9.20. The Morgan fingerprint density at radius 3 is 3.05 bits per heavy atom. The summed E-state index contributed by atoms with van der Waals surface area (Å²) in [6, 6.07) is 7.20. The van der Waals surface area contributed by atoms with Gasteiger partial charge < -0.3 is 10.6 Å². The summed E-state index contributed by atoms with van der Waals surface area (Å²) in [4.78, 5) is 24.7. The van der Waals surface area contributed by atoms with Crippen molar-refractivity contribution in [2.75, 3.05) is 23.1 Å². The van der Waals surface area contributed by atoms with E-state index in [1.54, 1.807) is 23.5 Å². The number of benzene rings is 1. The van der Waals surface area contributed by atoms with Crippen molar-refractivity contribution in [3.8, 4) is 0 Å². The highest BCUT2D eigenvalue weighted by Crippen LogP contribution is 2.25. The zero-order valence-corrected chi connectivity index (χ0v) is 12.3. The van der Waals surface area contributed by atoms with Gasteiger partial charge in [0.1, 0.15) is 6.04 Å². The van der Waals surface area contributed by atoms with Gasteiger partial charge in [-0.05, 0) is 18.4 Å². The molecule has 0 saturated carbocycles. The largest absolute Gasteiger partial charge is 0.343 e. The zero-order valence-electron chi connectivity index (χ0n) is 10.6. The predicted molar refractivity (Wildman–Crippen MR) is 80.7 cm³/mol. The normalized spacial score (nSPS) is 19.4. The lowest BCUT2D eigenvalue weighted by atomic mass is 10.2. The SMILES string of the molecule is CSc1ccccc1NC(=O)[C@@H]1CSCCC(=O)N1. The number of rotatable bonds is 3. The molecular formula is C13H16N2O2S2. The molecule has 0 bridgehead atoms. The first kappa shape index (κ1) is 14.3. The van der Waals surface area contributed by atoms with E-state index in [0.29, 0.717) is 12.2 Å². The standard InChI is InChI=1S/C13H16N2O2S2/c1-18-11-5-3-2-4-9(11)15-13(17)10-8-19-7-6-12(16)14-10/h2-5,10H,6-8H2,1H3,(H,14,16)(H,15,17)/t10-/m0/s1. The monoisotopic (exact) mass is 296 g/mol. The molecule has 2 rings (SSSR count). The number of carbonyl (C=O) groups is 2. The molecule has 1 fully saturated rings. The minimum atomic E-state index is -0.449. The van der Waals surface area contributed by atoms with Crippen LogP contribution in [0.3, 0.4) is 0 Å². The summed E-state index contributed by atoms with van der Waals surface area (Å²) in [7, 11) is 0. The van der Waals surface area contributed by atoms with E-state index in [9.17, 15) is 9.59 Å². The lowest BCUT2D eigenvalue weighted by molar-refractivity contribution is -0.125. The van der Waals surface area contributed by atoms with E-state index < -0.39 is 6.04 Å². The van der Waals surface area contributed by atoms with Crippen LogP contribution in [0, 0.1) is 0 Å². The maximum Gasteiger partial charge on any atom is 0.247 e. The number of amides is 2. The van der Waals surface area contributed by atoms with Crippen LogP contribution >= 0.6 is 23.5 Å². The van der Waals surface area contributed by atoms with Gasteiger partial charge >= 0.3 is 0 Å². The van der Waals surface area contributed by atoms with Gasteiger partial charge in [-0.3, -0.25) is 9.59 Å². The van der Waals surface area contributed by atoms with E-state index in [2.05, 4.69) is 10.6 Å². The van der Waals surface area contributed by atoms with Crippen LogP contribution in [0.4, 0.5) is 5.69 Å². The van der Waals surface area contributed by atoms with Crippen molar-refractivity contribution in [1.29, 1.82) is 0 Å². The molecule has 0 unspecified atom stereocenters. The number of nitrogens with one attached hydrogen (secondary N) is 2. The third-order valence-corrected chi connectivity index (χ3v) is 4.63. The summed E-state index contributed by atoms with van der Waals surface area (Å²) in [5.74, 6) is 1.20. The maximum atomic E-state index is 12.2. The van der Waals surface area contributed by atoms with Gasteiger partial charge in [0.2, 0.25) is 11.8 Å². The summed E-state index contributed by atoms with van der Waals surface area (Å²) in [6.07, 6.45) is 2.45. The van der Waals surface area contributed by atoms with E-state index in [1.807, 2.05) is 30.5 Å². The number of thioether (sulfide) groups is 2. The Hall–Kier alpha value is -1.14. The fourth-order valence-electron chi connectivity index (χ4n) is 1.78. The molecule has 0 aromatic heterocycles. The van der Waals surface area contributed by atoms with Gasteiger partial charge in [0, 0.05) is 22.8 Å². The Balaban J connectivity index is 2.05. The number of anilines is 1. The summed E-state index contributed by atoms with van der Waals surface area (Å²) >= 11 is 3.21. The summed E-state index contributed by atoms with van der Waals surface area (Å²) in [6.45, 7) is 0. The molecule has 1 atom stereocenters. The lowest BCUT2D eigenvalue weighted by Gasteiger charge is -2.16. The Morgan fingerprint density at radius 2 is 2.26 bits per heavy atom. The molecule has 1 aliphatic rings.